The average molecular weight is 471 g/mol. The number of rotatable bonds is 5. The minimum absolute atomic E-state index is 0.0264. The third-order valence-electron chi connectivity index (χ3n) is 7.13. The van der Waals surface area contributed by atoms with Crippen molar-refractivity contribution in [3.05, 3.63) is 77.4 Å². The molecule has 0 bridgehead atoms. The first kappa shape index (κ1) is 21.8. The number of hydrogen-bond acceptors (Lipinski definition) is 6. The van der Waals surface area contributed by atoms with Gasteiger partial charge in [-0.25, -0.2) is 0 Å². The lowest BCUT2D eigenvalue weighted by Gasteiger charge is -2.29. The van der Waals surface area contributed by atoms with E-state index in [1.54, 1.807) is 0 Å². The second-order valence-electron chi connectivity index (χ2n) is 9.19. The molecule has 3 aliphatic rings. The minimum Gasteiger partial charge on any atom is -0.494 e. The quantitative estimate of drug-likeness (QED) is 0.586. The van der Waals surface area contributed by atoms with Gasteiger partial charge < -0.3 is 29.5 Å². The molecule has 0 radical (unpaired) electrons. The molecule has 3 aromatic carbocycles. The van der Waals surface area contributed by atoms with E-state index in [4.69, 9.17) is 9.47 Å². The van der Waals surface area contributed by atoms with Gasteiger partial charge >= 0.3 is 0 Å². The number of carbonyl (C=O) groups is 1. The Morgan fingerprint density at radius 2 is 1.77 bits per heavy atom. The van der Waals surface area contributed by atoms with Crippen molar-refractivity contribution in [1.82, 2.24) is 0 Å². The number of ether oxygens (including phenoxy) is 2. The molecule has 0 saturated carbocycles. The summed E-state index contributed by atoms with van der Waals surface area (Å²) in [6, 6.07) is 20.6. The van der Waals surface area contributed by atoms with E-state index in [2.05, 4.69) is 58.6 Å². The maximum atomic E-state index is 13.3. The van der Waals surface area contributed by atoms with Gasteiger partial charge in [-0.2, -0.15) is 0 Å². The van der Waals surface area contributed by atoms with Gasteiger partial charge in [0.25, 0.3) is 5.91 Å². The van der Waals surface area contributed by atoms with Gasteiger partial charge in [-0.15, -0.1) is 0 Å². The summed E-state index contributed by atoms with van der Waals surface area (Å²) in [6.07, 6.45) is 0.0264. The van der Waals surface area contributed by atoms with Crippen LogP contribution in [0.3, 0.4) is 0 Å². The maximum absolute atomic E-state index is 13.3. The van der Waals surface area contributed by atoms with Crippen LogP contribution in [0.1, 0.15) is 34.6 Å². The fraction of sp³-hybridized carbons (Fsp3) is 0.321. The first-order valence-electron chi connectivity index (χ1n) is 12.3. The normalized spacial score (nSPS) is 19.0. The number of anilines is 4. The summed E-state index contributed by atoms with van der Waals surface area (Å²) >= 11 is 0. The van der Waals surface area contributed by atoms with Crippen molar-refractivity contribution >= 4 is 28.7 Å². The Hall–Kier alpha value is -3.71. The first-order valence-corrected chi connectivity index (χ1v) is 12.3. The summed E-state index contributed by atoms with van der Waals surface area (Å²) in [5, 5.41) is 3.61. The number of hydrogen-bond donors (Lipinski definition) is 1. The smallest absolute Gasteiger partial charge is 0.258 e. The van der Waals surface area contributed by atoms with Crippen LogP contribution in [-0.4, -0.2) is 45.9 Å². The Morgan fingerprint density at radius 1 is 1.00 bits per heavy atom. The van der Waals surface area contributed by atoms with Crippen LogP contribution in [0.2, 0.25) is 0 Å². The van der Waals surface area contributed by atoms with E-state index < -0.39 is 0 Å². The molecule has 1 unspecified atom stereocenters. The molecule has 0 spiro atoms. The van der Waals surface area contributed by atoms with Gasteiger partial charge in [-0.1, -0.05) is 12.1 Å². The molecule has 1 N–H and O–H groups in total. The first-order chi connectivity index (χ1) is 17.1. The lowest BCUT2D eigenvalue weighted by Crippen LogP contribution is -2.36. The molecule has 7 heteroatoms. The molecule has 0 aliphatic carbocycles. The van der Waals surface area contributed by atoms with Crippen molar-refractivity contribution in [3.8, 4) is 5.75 Å². The van der Waals surface area contributed by atoms with Gasteiger partial charge in [0.2, 0.25) is 0 Å². The fourth-order valence-corrected chi connectivity index (χ4v) is 5.24. The van der Waals surface area contributed by atoms with E-state index in [-0.39, 0.29) is 12.1 Å². The van der Waals surface area contributed by atoms with Gasteiger partial charge in [-0.05, 0) is 66.6 Å². The van der Waals surface area contributed by atoms with Crippen LogP contribution in [0.5, 0.6) is 5.75 Å². The van der Waals surface area contributed by atoms with Crippen LogP contribution in [-0.2, 0) is 11.3 Å². The SMILES string of the molecule is CCOc1ccc(C2Nc3ccc(N4Cc5cc(N6CCOCC6)ccc5C4=O)cc3N2C)cc1. The van der Waals surface area contributed by atoms with Gasteiger partial charge in [0.1, 0.15) is 11.9 Å². The van der Waals surface area contributed by atoms with Crippen molar-refractivity contribution < 1.29 is 14.3 Å². The highest BCUT2D eigenvalue weighted by atomic mass is 16.5. The van der Waals surface area contributed by atoms with Crippen LogP contribution in [0.25, 0.3) is 0 Å². The Morgan fingerprint density at radius 3 is 2.54 bits per heavy atom. The number of carbonyl (C=O) groups excluding carboxylic acids is 1. The standard InChI is InChI=1S/C28H30N4O3/c1-3-35-23-8-4-19(5-9-23)27-29-25-11-7-22(17-26(25)30(27)2)32-18-20-16-21(6-10-24(20)28(32)33)31-12-14-34-15-13-31/h4-11,16-17,27,29H,3,12-15,18H2,1-2H3. The fourth-order valence-electron chi connectivity index (χ4n) is 5.24. The van der Waals surface area contributed by atoms with Crippen LogP contribution in [0.15, 0.2) is 60.7 Å². The van der Waals surface area contributed by atoms with Gasteiger partial charge in [0, 0.05) is 37.1 Å². The van der Waals surface area contributed by atoms with Crippen LogP contribution < -0.4 is 24.8 Å². The maximum Gasteiger partial charge on any atom is 0.258 e. The molecule has 3 aromatic rings. The van der Waals surface area contributed by atoms with Crippen LogP contribution in [0, 0.1) is 0 Å². The summed E-state index contributed by atoms with van der Waals surface area (Å²) in [5.41, 5.74) is 7.26. The van der Waals surface area contributed by atoms with Crippen molar-refractivity contribution in [2.24, 2.45) is 0 Å². The molecule has 0 aromatic heterocycles. The molecule has 1 saturated heterocycles. The van der Waals surface area contributed by atoms with Gasteiger partial charge in [0.05, 0.1) is 37.7 Å². The molecule has 1 atom stereocenters. The molecule has 35 heavy (non-hydrogen) atoms. The van der Waals surface area contributed by atoms with Gasteiger partial charge in [0.15, 0.2) is 0 Å². The zero-order valence-electron chi connectivity index (χ0n) is 20.2. The molecule has 6 rings (SSSR count). The summed E-state index contributed by atoms with van der Waals surface area (Å²) in [5.74, 6) is 0.936. The van der Waals surface area contributed by atoms with E-state index in [9.17, 15) is 4.79 Å². The second-order valence-corrected chi connectivity index (χ2v) is 9.19. The number of morpholine rings is 1. The molecule has 3 heterocycles. The summed E-state index contributed by atoms with van der Waals surface area (Å²) in [7, 11) is 2.08. The number of amides is 1. The van der Waals surface area contributed by atoms with E-state index >= 15 is 0 Å². The Labute approximate surface area is 205 Å². The number of benzene rings is 3. The highest BCUT2D eigenvalue weighted by Crippen LogP contribution is 2.43. The van der Waals surface area contributed by atoms with Crippen molar-refractivity contribution in [1.29, 1.82) is 0 Å². The van der Waals surface area contributed by atoms with Crippen molar-refractivity contribution in [2.45, 2.75) is 19.6 Å². The van der Waals surface area contributed by atoms with E-state index in [0.717, 1.165) is 71.5 Å². The predicted octanol–water partition coefficient (Wildman–Crippen LogP) is 4.64. The Kier molecular flexibility index (Phi) is 5.49. The highest BCUT2D eigenvalue weighted by Gasteiger charge is 2.32. The lowest BCUT2D eigenvalue weighted by atomic mass is 10.1. The second kappa shape index (κ2) is 8.82. The summed E-state index contributed by atoms with van der Waals surface area (Å²) < 4.78 is 11.1. The van der Waals surface area contributed by atoms with Gasteiger partial charge in [-0.3, -0.25) is 4.79 Å². The topological polar surface area (TPSA) is 57.3 Å². The number of nitrogens with one attached hydrogen (secondary N) is 1. The third kappa shape index (κ3) is 3.86. The molecular weight excluding hydrogens is 440 g/mol. The molecule has 180 valence electrons. The summed E-state index contributed by atoms with van der Waals surface area (Å²) in [4.78, 5) is 19.7. The van der Waals surface area contributed by atoms with Crippen molar-refractivity contribution in [2.75, 3.05) is 60.0 Å². The summed E-state index contributed by atoms with van der Waals surface area (Å²) in [6.45, 7) is 6.49. The van der Waals surface area contributed by atoms with Crippen LogP contribution in [0.4, 0.5) is 22.7 Å². The number of nitrogens with zero attached hydrogens (tertiary/aromatic N) is 3. The molecule has 1 fully saturated rings. The zero-order valence-corrected chi connectivity index (χ0v) is 20.2. The van der Waals surface area contributed by atoms with E-state index in [1.165, 1.54) is 0 Å². The van der Waals surface area contributed by atoms with E-state index in [0.29, 0.717) is 13.2 Å². The Bertz CT molecular complexity index is 1250. The average Bonchev–Trinajstić information content (AvgIpc) is 3.41. The minimum atomic E-state index is 0.0264. The molecule has 3 aliphatic heterocycles. The van der Waals surface area contributed by atoms with Crippen LogP contribution >= 0.6 is 0 Å². The molecule has 7 nitrogen and oxygen atoms in total. The zero-order chi connectivity index (χ0) is 23.9. The lowest BCUT2D eigenvalue weighted by molar-refractivity contribution is 0.0996. The monoisotopic (exact) mass is 470 g/mol. The van der Waals surface area contributed by atoms with Crippen molar-refractivity contribution in [3.63, 3.8) is 0 Å². The molecule has 1 amide bonds. The largest absolute Gasteiger partial charge is 0.494 e. The Balaban J connectivity index is 1.22. The molecular formula is C28H30N4O3. The van der Waals surface area contributed by atoms with E-state index in [1.807, 2.05) is 36.1 Å². The highest BCUT2D eigenvalue weighted by molar-refractivity contribution is 6.10. The number of fused-ring (bicyclic) bond motifs is 2. The predicted molar refractivity (Wildman–Crippen MR) is 139 cm³/mol. The third-order valence-corrected chi connectivity index (χ3v) is 7.13.